The summed E-state index contributed by atoms with van der Waals surface area (Å²) in [5, 5.41) is 3.07. The van der Waals surface area contributed by atoms with E-state index in [4.69, 9.17) is 4.74 Å². The summed E-state index contributed by atoms with van der Waals surface area (Å²) in [6.07, 6.45) is 5.90. The number of carbonyl (C=O) groups is 1. The molecule has 0 unspecified atom stereocenters. The average molecular weight is 424 g/mol. The number of anilines is 2. The van der Waals surface area contributed by atoms with E-state index in [1.54, 1.807) is 0 Å². The first-order valence-corrected chi connectivity index (χ1v) is 11.5. The zero-order valence-electron chi connectivity index (χ0n) is 17.9. The molecule has 1 N–H and O–H groups in total. The highest BCUT2D eigenvalue weighted by Gasteiger charge is 2.29. The standard InChI is InChI=1S/C25H30FN3O2/c26-20-7-9-21(10-8-20)29-14-12-28(13-15-29)11-3-6-23-25(30)27-22-16-18-4-1-2-5-19(18)17-24(22)31-23/h7-10,16-17,23H,1-6,11-15H2,(H,27,30)/t23-/m0/s1. The van der Waals surface area contributed by atoms with E-state index in [1.807, 2.05) is 12.1 Å². The SMILES string of the molecule is O=C1Nc2cc3c(cc2O[C@H]1CCCN1CCN(c2ccc(F)cc2)CC1)CCCC3. The van der Waals surface area contributed by atoms with Crippen LogP contribution in [0.15, 0.2) is 36.4 Å². The van der Waals surface area contributed by atoms with E-state index in [0.29, 0.717) is 0 Å². The second-order valence-corrected chi connectivity index (χ2v) is 8.87. The monoisotopic (exact) mass is 423 g/mol. The molecule has 2 aliphatic heterocycles. The molecule has 5 nitrogen and oxygen atoms in total. The Morgan fingerprint density at radius 2 is 1.71 bits per heavy atom. The maximum Gasteiger partial charge on any atom is 0.265 e. The number of fused-ring (bicyclic) bond motifs is 2. The topological polar surface area (TPSA) is 44.8 Å². The summed E-state index contributed by atoms with van der Waals surface area (Å²) in [6, 6.07) is 11.0. The highest BCUT2D eigenvalue weighted by Crippen LogP contribution is 2.36. The molecular weight excluding hydrogens is 393 g/mol. The molecule has 1 aliphatic carbocycles. The molecule has 5 rings (SSSR count). The summed E-state index contributed by atoms with van der Waals surface area (Å²) in [6.45, 7) is 4.78. The summed E-state index contributed by atoms with van der Waals surface area (Å²) >= 11 is 0. The van der Waals surface area contributed by atoms with E-state index >= 15 is 0 Å². The summed E-state index contributed by atoms with van der Waals surface area (Å²) in [7, 11) is 0. The van der Waals surface area contributed by atoms with Crippen LogP contribution in [0.25, 0.3) is 0 Å². The third-order valence-electron chi connectivity index (χ3n) is 6.77. The van der Waals surface area contributed by atoms with Crippen molar-refractivity contribution in [3.05, 3.63) is 53.3 Å². The molecule has 2 heterocycles. The summed E-state index contributed by atoms with van der Waals surface area (Å²) in [4.78, 5) is 17.3. The van der Waals surface area contributed by atoms with Gasteiger partial charge >= 0.3 is 0 Å². The van der Waals surface area contributed by atoms with Crippen molar-refractivity contribution in [1.29, 1.82) is 0 Å². The molecule has 2 aromatic rings. The molecule has 1 atom stereocenters. The molecule has 0 aromatic heterocycles. The molecule has 1 fully saturated rings. The van der Waals surface area contributed by atoms with Crippen molar-refractivity contribution in [2.75, 3.05) is 42.9 Å². The Morgan fingerprint density at radius 3 is 2.45 bits per heavy atom. The lowest BCUT2D eigenvalue weighted by atomic mass is 9.90. The fourth-order valence-electron chi connectivity index (χ4n) is 4.95. The van der Waals surface area contributed by atoms with Crippen LogP contribution >= 0.6 is 0 Å². The largest absolute Gasteiger partial charge is 0.478 e. The summed E-state index contributed by atoms with van der Waals surface area (Å²) < 4.78 is 19.2. The lowest BCUT2D eigenvalue weighted by Gasteiger charge is -2.36. The van der Waals surface area contributed by atoms with Gasteiger partial charge in [0, 0.05) is 31.9 Å². The van der Waals surface area contributed by atoms with Gasteiger partial charge in [0.2, 0.25) is 0 Å². The highest BCUT2D eigenvalue weighted by atomic mass is 19.1. The van der Waals surface area contributed by atoms with E-state index in [0.717, 1.165) is 75.5 Å². The molecule has 1 saturated heterocycles. The van der Waals surface area contributed by atoms with Gasteiger partial charge < -0.3 is 15.0 Å². The molecular formula is C25H30FN3O2. The Morgan fingerprint density at radius 1 is 1.00 bits per heavy atom. The number of benzene rings is 2. The van der Waals surface area contributed by atoms with Crippen molar-refractivity contribution in [2.45, 2.75) is 44.6 Å². The van der Waals surface area contributed by atoms with Crippen molar-refractivity contribution >= 4 is 17.3 Å². The molecule has 2 aromatic carbocycles. The maximum atomic E-state index is 13.1. The molecule has 0 saturated carbocycles. The van der Waals surface area contributed by atoms with Crippen LogP contribution in [0.5, 0.6) is 5.75 Å². The van der Waals surface area contributed by atoms with Crippen LogP contribution in [-0.2, 0) is 17.6 Å². The van der Waals surface area contributed by atoms with E-state index in [1.165, 1.54) is 36.1 Å². The minimum Gasteiger partial charge on any atom is -0.478 e. The van der Waals surface area contributed by atoms with Crippen molar-refractivity contribution in [3.63, 3.8) is 0 Å². The van der Waals surface area contributed by atoms with Crippen LogP contribution < -0.4 is 15.0 Å². The third-order valence-corrected chi connectivity index (χ3v) is 6.77. The average Bonchev–Trinajstić information content (AvgIpc) is 2.79. The molecule has 0 bridgehead atoms. The molecule has 6 heteroatoms. The van der Waals surface area contributed by atoms with Gasteiger partial charge in [0.05, 0.1) is 5.69 Å². The predicted molar refractivity (Wildman–Crippen MR) is 120 cm³/mol. The fourth-order valence-corrected chi connectivity index (χ4v) is 4.95. The first kappa shape index (κ1) is 20.3. The highest BCUT2D eigenvalue weighted by molar-refractivity contribution is 5.97. The van der Waals surface area contributed by atoms with Crippen LogP contribution in [0.1, 0.15) is 36.8 Å². The Hall–Kier alpha value is -2.60. The van der Waals surface area contributed by atoms with E-state index in [9.17, 15) is 9.18 Å². The number of hydrogen-bond donors (Lipinski definition) is 1. The summed E-state index contributed by atoms with van der Waals surface area (Å²) in [5.41, 5.74) is 4.64. The van der Waals surface area contributed by atoms with Gasteiger partial charge in [0.15, 0.2) is 6.10 Å². The zero-order chi connectivity index (χ0) is 21.2. The number of rotatable bonds is 5. The van der Waals surface area contributed by atoms with Crippen molar-refractivity contribution in [2.24, 2.45) is 0 Å². The van der Waals surface area contributed by atoms with Crippen LogP contribution in [0, 0.1) is 5.82 Å². The third kappa shape index (κ3) is 4.54. The van der Waals surface area contributed by atoms with Gasteiger partial charge in [-0.3, -0.25) is 9.69 Å². The number of nitrogens with one attached hydrogen (secondary N) is 1. The number of nitrogens with zero attached hydrogens (tertiary/aromatic N) is 2. The number of halogens is 1. The smallest absolute Gasteiger partial charge is 0.265 e. The zero-order valence-corrected chi connectivity index (χ0v) is 17.9. The van der Waals surface area contributed by atoms with Crippen molar-refractivity contribution in [1.82, 2.24) is 4.90 Å². The first-order chi connectivity index (χ1) is 15.2. The first-order valence-electron chi connectivity index (χ1n) is 11.5. The number of hydrogen-bond acceptors (Lipinski definition) is 4. The Labute approximate surface area is 183 Å². The van der Waals surface area contributed by atoms with E-state index in [2.05, 4.69) is 27.2 Å². The molecule has 1 amide bonds. The van der Waals surface area contributed by atoms with Gasteiger partial charge in [-0.2, -0.15) is 0 Å². The molecule has 3 aliphatic rings. The van der Waals surface area contributed by atoms with Crippen LogP contribution in [0.4, 0.5) is 15.8 Å². The van der Waals surface area contributed by atoms with Crippen molar-refractivity contribution in [3.8, 4) is 5.75 Å². The number of amides is 1. The predicted octanol–water partition coefficient (Wildman–Crippen LogP) is 4.01. The second kappa shape index (κ2) is 8.87. The molecule has 0 spiro atoms. The quantitative estimate of drug-likeness (QED) is 0.789. The Kier molecular flexibility index (Phi) is 5.81. The van der Waals surface area contributed by atoms with Gasteiger partial charge in [-0.25, -0.2) is 4.39 Å². The Bertz CT molecular complexity index is 939. The molecule has 0 radical (unpaired) electrons. The van der Waals surface area contributed by atoms with Crippen LogP contribution in [-0.4, -0.2) is 49.6 Å². The fraction of sp³-hybridized carbons (Fsp3) is 0.480. The van der Waals surface area contributed by atoms with Gasteiger partial charge in [-0.1, -0.05) is 0 Å². The minimum atomic E-state index is -0.408. The van der Waals surface area contributed by atoms with Crippen molar-refractivity contribution < 1.29 is 13.9 Å². The van der Waals surface area contributed by atoms with Gasteiger partial charge in [-0.05, 0) is 92.6 Å². The van der Waals surface area contributed by atoms with Gasteiger partial charge in [0.25, 0.3) is 5.91 Å². The lowest BCUT2D eigenvalue weighted by molar-refractivity contribution is -0.123. The number of carbonyl (C=O) groups excluding carboxylic acids is 1. The Balaban J connectivity index is 1.10. The molecule has 164 valence electrons. The normalized spacial score (nSPS) is 21.1. The minimum absolute atomic E-state index is 0.0237. The van der Waals surface area contributed by atoms with Gasteiger partial charge in [-0.15, -0.1) is 0 Å². The van der Waals surface area contributed by atoms with Crippen LogP contribution in [0.3, 0.4) is 0 Å². The van der Waals surface area contributed by atoms with Crippen LogP contribution in [0.2, 0.25) is 0 Å². The number of ether oxygens (including phenoxy) is 1. The number of aryl methyl sites for hydroxylation is 2. The molecule has 31 heavy (non-hydrogen) atoms. The number of piperazine rings is 1. The van der Waals surface area contributed by atoms with Gasteiger partial charge in [0.1, 0.15) is 11.6 Å². The maximum absolute atomic E-state index is 13.1. The van der Waals surface area contributed by atoms with E-state index < -0.39 is 6.10 Å². The lowest BCUT2D eigenvalue weighted by Crippen LogP contribution is -2.47. The second-order valence-electron chi connectivity index (χ2n) is 8.87. The summed E-state index contributed by atoms with van der Waals surface area (Å²) in [5.74, 6) is 0.612. The van der Waals surface area contributed by atoms with E-state index in [-0.39, 0.29) is 11.7 Å².